The van der Waals surface area contributed by atoms with Crippen LogP contribution in [0.25, 0.3) is 0 Å². The Hall–Kier alpha value is -3.65. The van der Waals surface area contributed by atoms with E-state index in [0.29, 0.717) is 5.69 Å². The maximum Gasteiger partial charge on any atom is 0.338 e. The smallest absolute Gasteiger partial charge is 0.338 e. The lowest BCUT2D eigenvalue weighted by molar-refractivity contribution is -0.119. The van der Waals surface area contributed by atoms with Crippen molar-refractivity contribution in [3.63, 3.8) is 0 Å². The first-order valence-corrected chi connectivity index (χ1v) is 10.1. The average Bonchev–Trinajstić information content (AvgIpc) is 2.73. The first-order valence-electron chi connectivity index (χ1n) is 8.64. The largest absolute Gasteiger partial charge is 0.452 e. The second-order valence-electron chi connectivity index (χ2n) is 5.99. The van der Waals surface area contributed by atoms with E-state index >= 15 is 0 Å². The maximum absolute atomic E-state index is 12.4. The number of esters is 1. The number of hydrogen-bond donors (Lipinski definition) is 2. The van der Waals surface area contributed by atoms with Crippen LogP contribution in [0, 0.1) is 0 Å². The minimum Gasteiger partial charge on any atom is -0.452 e. The molecule has 0 aromatic heterocycles. The molecule has 0 fully saturated rings. The molecule has 0 aliphatic rings. The lowest BCUT2D eigenvalue weighted by Gasteiger charge is -2.10. The SMILES string of the molecule is O=C(COC(=O)c1cccc(NS(=O)(=O)c2ccccc2)c1)Nc1ccccc1. The summed E-state index contributed by atoms with van der Waals surface area (Å²) < 4.78 is 32.2. The molecule has 3 aromatic carbocycles. The highest BCUT2D eigenvalue weighted by Crippen LogP contribution is 2.17. The minimum absolute atomic E-state index is 0.102. The summed E-state index contributed by atoms with van der Waals surface area (Å²) in [5, 5.41) is 2.60. The Morgan fingerprint density at radius 1 is 0.793 bits per heavy atom. The monoisotopic (exact) mass is 410 g/mol. The molecule has 0 saturated carbocycles. The van der Waals surface area contributed by atoms with Gasteiger partial charge in [0.05, 0.1) is 10.5 Å². The molecule has 29 heavy (non-hydrogen) atoms. The van der Waals surface area contributed by atoms with E-state index in [-0.39, 0.29) is 16.1 Å². The van der Waals surface area contributed by atoms with Crippen molar-refractivity contribution < 1.29 is 22.7 Å². The van der Waals surface area contributed by atoms with Gasteiger partial charge in [-0.3, -0.25) is 9.52 Å². The van der Waals surface area contributed by atoms with E-state index in [1.807, 2.05) is 6.07 Å². The van der Waals surface area contributed by atoms with Gasteiger partial charge < -0.3 is 10.1 Å². The predicted octanol–water partition coefficient (Wildman–Crippen LogP) is 3.28. The summed E-state index contributed by atoms with van der Waals surface area (Å²) in [7, 11) is -3.78. The van der Waals surface area contributed by atoms with Gasteiger partial charge in [0.25, 0.3) is 15.9 Å². The highest BCUT2D eigenvalue weighted by molar-refractivity contribution is 7.92. The molecule has 7 nitrogen and oxygen atoms in total. The number of carbonyl (C=O) groups is 2. The number of rotatable bonds is 7. The molecule has 0 unspecified atom stereocenters. The summed E-state index contributed by atoms with van der Waals surface area (Å²) in [6.07, 6.45) is 0. The highest BCUT2D eigenvalue weighted by Gasteiger charge is 2.15. The number of carbonyl (C=O) groups excluding carboxylic acids is 2. The fourth-order valence-electron chi connectivity index (χ4n) is 2.46. The van der Waals surface area contributed by atoms with E-state index in [0.717, 1.165) is 0 Å². The average molecular weight is 410 g/mol. The second kappa shape index (κ2) is 9.03. The molecule has 2 N–H and O–H groups in total. The van der Waals surface area contributed by atoms with Crippen molar-refractivity contribution in [3.8, 4) is 0 Å². The molecule has 0 atom stereocenters. The molecule has 3 rings (SSSR count). The van der Waals surface area contributed by atoms with Crippen LogP contribution >= 0.6 is 0 Å². The van der Waals surface area contributed by atoms with Crippen molar-refractivity contribution in [1.82, 2.24) is 0 Å². The fourth-order valence-corrected chi connectivity index (χ4v) is 3.53. The second-order valence-corrected chi connectivity index (χ2v) is 7.67. The highest BCUT2D eigenvalue weighted by atomic mass is 32.2. The molecule has 0 aliphatic carbocycles. The third-order valence-electron chi connectivity index (χ3n) is 3.80. The molecule has 0 bridgehead atoms. The topological polar surface area (TPSA) is 102 Å². The third kappa shape index (κ3) is 5.66. The molecule has 1 amide bonds. The first kappa shape index (κ1) is 20.1. The van der Waals surface area contributed by atoms with Crippen molar-refractivity contribution in [3.05, 3.63) is 90.5 Å². The molecule has 3 aromatic rings. The number of para-hydroxylation sites is 1. The Morgan fingerprint density at radius 2 is 1.41 bits per heavy atom. The Morgan fingerprint density at radius 3 is 2.10 bits per heavy atom. The van der Waals surface area contributed by atoms with Gasteiger partial charge in [-0.25, -0.2) is 13.2 Å². The van der Waals surface area contributed by atoms with Crippen molar-refractivity contribution in [2.45, 2.75) is 4.90 Å². The van der Waals surface area contributed by atoms with Crippen LogP contribution in [0.1, 0.15) is 10.4 Å². The molecule has 0 spiro atoms. The first-order chi connectivity index (χ1) is 13.9. The Bertz CT molecular complexity index is 1100. The number of anilines is 2. The predicted molar refractivity (Wildman–Crippen MR) is 109 cm³/mol. The van der Waals surface area contributed by atoms with Gasteiger partial charge >= 0.3 is 5.97 Å². The summed E-state index contributed by atoms with van der Waals surface area (Å²) in [6, 6.07) is 22.5. The van der Waals surface area contributed by atoms with E-state index in [1.54, 1.807) is 42.5 Å². The van der Waals surface area contributed by atoms with Gasteiger partial charge in [0, 0.05) is 11.4 Å². The lowest BCUT2D eigenvalue weighted by atomic mass is 10.2. The van der Waals surface area contributed by atoms with Crippen molar-refractivity contribution in [1.29, 1.82) is 0 Å². The normalized spacial score (nSPS) is 10.8. The van der Waals surface area contributed by atoms with Crippen LogP contribution in [0.4, 0.5) is 11.4 Å². The van der Waals surface area contributed by atoms with Gasteiger partial charge in [-0.15, -0.1) is 0 Å². The standard InChI is InChI=1S/C21H18N2O5S/c24-20(22-17-9-3-1-4-10-17)15-28-21(25)16-8-7-11-18(14-16)23-29(26,27)19-12-5-2-6-13-19/h1-14,23H,15H2,(H,22,24). The van der Waals surface area contributed by atoms with Crippen LogP contribution in [0.3, 0.4) is 0 Å². The van der Waals surface area contributed by atoms with Gasteiger partial charge in [0.1, 0.15) is 0 Å². The van der Waals surface area contributed by atoms with Gasteiger partial charge in [-0.05, 0) is 42.5 Å². The van der Waals surface area contributed by atoms with Gasteiger partial charge in [-0.1, -0.05) is 42.5 Å². The maximum atomic E-state index is 12.4. The van der Waals surface area contributed by atoms with Crippen LogP contribution in [-0.4, -0.2) is 26.9 Å². The third-order valence-corrected chi connectivity index (χ3v) is 5.19. The number of benzene rings is 3. The lowest BCUT2D eigenvalue weighted by Crippen LogP contribution is -2.21. The van der Waals surface area contributed by atoms with Crippen LogP contribution < -0.4 is 10.0 Å². The number of nitrogens with one attached hydrogen (secondary N) is 2. The molecule has 8 heteroatoms. The zero-order valence-electron chi connectivity index (χ0n) is 15.2. The van der Waals surface area contributed by atoms with E-state index < -0.39 is 28.5 Å². The zero-order chi connectivity index (χ0) is 20.7. The number of ether oxygens (including phenoxy) is 1. The summed E-state index contributed by atoms with van der Waals surface area (Å²) in [4.78, 5) is 24.2. The molecular formula is C21H18N2O5S. The summed E-state index contributed by atoms with van der Waals surface area (Å²) in [6.45, 7) is -0.465. The number of sulfonamides is 1. The van der Waals surface area contributed by atoms with Crippen LogP contribution in [-0.2, 0) is 19.6 Å². The molecule has 0 aliphatic heterocycles. The van der Waals surface area contributed by atoms with Crippen molar-refractivity contribution in [2.24, 2.45) is 0 Å². The molecule has 148 valence electrons. The quantitative estimate of drug-likeness (QED) is 0.582. The Labute approximate surface area is 168 Å². The Kier molecular flexibility index (Phi) is 6.25. The van der Waals surface area contributed by atoms with E-state index in [9.17, 15) is 18.0 Å². The van der Waals surface area contributed by atoms with Gasteiger partial charge in [-0.2, -0.15) is 0 Å². The van der Waals surface area contributed by atoms with Crippen molar-refractivity contribution >= 4 is 33.3 Å². The van der Waals surface area contributed by atoms with Crippen LogP contribution in [0.15, 0.2) is 89.8 Å². The Balaban J connectivity index is 1.61. The molecule has 0 radical (unpaired) electrons. The molecule has 0 saturated heterocycles. The minimum atomic E-state index is -3.78. The number of hydrogen-bond acceptors (Lipinski definition) is 5. The summed E-state index contributed by atoms with van der Waals surface area (Å²) >= 11 is 0. The van der Waals surface area contributed by atoms with Gasteiger partial charge in [0.2, 0.25) is 0 Å². The summed E-state index contributed by atoms with van der Waals surface area (Å²) in [5.74, 6) is -1.22. The summed E-state index contributed by atoms with van der Waals surface area (Å²) in [5.41, 5.74) is 0.911. The zero-order valence-corrected chi connectivity index (χ0v) is 16.1. The molecule has 0 heterocycles. The van der Waals surface area contributed by atoms with E-state index in [4.69, 9.17) is 4.74 Å². The van der Waals surface area contributed by atoms with E-state index in [2.05, 4.69) is 10.0 Å². The van der Waals surface area contributed by atoms with Crippen LogP contribution in [0.5, 0.6) is 0 Å². The van der Waals surface area contributed by atoms with Crippen molar-refractivity contribution in [2.75, 3.05) is 16.6 Å². The van der Waals surface area contributed by atoms with Crippen LogP contribution in [0.2, 0.25) is 0 Å². The fraction of sp³-hybridized carbons (Fsp3) is 0.0476. The van der Waals surface area contributed by atoms with E-state index in [1.165, 1.54) is 36.4 Å². The number of amides is 1. The molecular weight excluding hydrogens is 392 g/mol. The van der Waals surface area contributed by atoms with Gasteiger partial charge in [0.15, 0.2) is 6.61 Å².